The zero-order valence-electron chi connectivity index (χ0n) is 14.4. The van der Waals surface area contributed by atoms with Crippen LogP contribution in [0.5, 0.6) is 0 Å². The Morgan fingerprint density at radius 2 is 0.433 bits per heavy atom. The average Bonchev–Trinajstić information content (AvgIpc) is 2.54. The largest absolute Gasteiger partial charge is 0.320 e. The molecule has 2 saturated carbocycles. The van der Waals surface area contributed by atoms with Crippen LogP contribution in [0.1, 0.15) is 13.8 Å². The van der Waals surface area contributed by atoms with Gasteiger partial charge in [-0.3, -0.25) is 0 Å². The summed E-state index contributed by atoms with van der Waals surface area (Å²) in [5, 5.41) is 0. The second kappa shape index (κ2) is 5.81. The molecule has 0 N–H and O–H groups in total. The standard InChI is InChI=1S/C14H10F16/c1-3-7(15,16)11(23,24)5(12(25,26)8(3,17)18)6-13(27,28)9(19,20)4(2)10(21,22)14(6,29)30/h3-6H,1-2H3. The van der Waals surface area contributed by atoms with Crippen molar-refractivity contribution in [1.82, 2.24) is 0 Å². The van der Waals surface area contributed by atoms with E-state index in [-0.39, 0.29) is 0 Å². The fourth-order valence-electron chi connectivity index (χ4n) is 3.73. The Kier molecular flexibility index (Phi) is 4.87. The highest BCUT2D eigenvalue weighted by atomic mass is 19.3. The molecule has 0 aliphatic heterocycles. The van der Waals surface area contributed by atoms with E-state index in [0.29, 0.717) is 0 Å². The lowest BCUT2D eigenvalue weighted by molar-refractivity contribution is -0.464. The number of hydrogen-bond acceptors (Lipinski definition) is 0. The molecule has 0 aromatic carbocycles. The van der Waals surface area contributed by atoms with E-state index in [1.54, 1.807) is 0 Å². The van der Waals surface area contributed by atoms with Crippen LogP contribution >= 0.6 is 0 Å². The lowest BCUT2D eigenvalue weighted by Gasteiger charge is -2.57. The van der Waals surface area contributed by atoms with Gasteiger partial charge in [0.05, 0.1) is 11.8 Å². The quantitative estimate of drug-likeness (QED) is 0.370. The smallest absolute Gasteiger partial charge is 0.199 e. The highest BCUT2D eigenvalue weighted by Crippen LogP contribution is 2.72. The third-order valence-electron chi connectivity index (χ3n) is 5.85. The molecule has 2 aliphatic carbocycles. The summed E-state index contributed by atoms with van der Waals surface area (Å²) in [6.07, 6.45) is 0. The van der Waals surface area contributed by atoms with Gasteiger partial charge in [-0.1, -0.05) is 13.8 Å². The molecule has 0 amide bonds. The first-order chi connectivity index (χ1) is 12.8. The fraction of sp³-hybridized carbons (Fsp3) is 1.00. The Balaban J connectivity index is 2.95. The molecule has 0 aromatic rings. The van der Waals surface area contributed by atoms with Crippen molar-refractivity contribution in [3.05, 3.63) is 0 Å². The third-order valence-corrected chi connectivity index (χ3v) is 5.85. The summed E-state index contributed by atoms with van der Waals surface area (Å²) in [6.45, 7) is -1.19. The molecule has 2 rings (SSSR count). The molecule has 2 fully saturated rings. The van der Waals surface area contributed by atoms with Gasteiger partial charge in [0, 0.05) is 0 Å². The number of hydrogen-bond donors (Lipinski definition) is 0. The monoisotopic (exact) mass is 482 g/mol. The van der Waals surface area contributed by atoms with Crippen molar-refractivity contribution in [3.63, 3.8) is 0 Å². The van der Waals surface area contributed by atoms with Gasteiger partial charge in [-0.15, -0.1) is 0 Å². The Bertz CT molecular complexity index is 591. The van der Waals surface area contributed by atoms with E-state index < -0.39 is 84.9 Å². The maximum absolute atomic E-state index is 14.1. The lowest BCUT2D eigenvalue weighted by atomic mass is 9.58. The van der Waals surface area contributed by atoms with Gasteiger partial charge in [-0.25, -0.2) is 0 Å². The molecule has 0 unspecified atom stereocenters. The van der Waals surface area contributed by atoms with Crippen molar-refractivity contribution in [1.29, 1.82) is 0 Å². The highest BCUT2D eigenvalue weighted by Gasteiger charge is 2.94. The summed E-state index contributed by atoms with van der Waals surface area (Å²) < 4.78 is 223. The normalized spacial score (nSPS) is 41.8. The van der Waals surface area contributed by atoms with Crippen molar-refractivity contribution < 1.29 is 70.2 Å². The molecule has 0 spiro atoms. The Hall–Kier alpha value is -1.12. The van der Waals surface area contributed by atoms with Crippen LogP contribution in [0.3, 0.4) is 0 Å². The van der Waals surface area contributed by atoms with Crippen LogP contribution in [0.15, 0.2) is 0 Å². The summed E-state index contributed by atoms with van der Waals surface area (Å²) in [5.74, 6) is -74.2. The van der Waals surface area contributed by atoms with Crippen molar-refractivity contribution >= 4 is 0 Å². The van der Waals surface area contributed by atoms with Crippen LogP contribution in [-0.4, -0.2) is 47.4 Å². The molecule has 16 heteroatoms. The predicted molar refractivity (Wildman–Crippen MR) is 64.9 cm³/mol. The van der Waals surface area contributed by atoms with Crippen molar-refractivity contribution in [2.24, 2.45) is 23.7 Å². The Morgan fingerprint density at radius 1 is 0.300 bits per heavy atom. The Labute approximate surface area is 156 Å². The van der Waals surface area contributed by atoms with Gasteiger partial charge in [0.2, 0.25) is 0 Å². The van der Waals surface area contributed by atoms with E-state index in [4.69, 9.17) is 0 Å². The highest BCUT2D eigenvalue weighted by molar-refractivity contribution is 5.23. The molecule has 0 atom stereocenters. The lowest BCUT2D eigenvalue weighted by Crippen LogP contribution is -2.80. The van der Waals surface area contributed by atoms with E-state index >= 15 is 0 Å². The summed E-state index contributed by atoms with van der Waals surface area (Å²) in [6, 6.07) is 0. The summed E-state index contributed by atoms with van der Waals surface area (Å²) in [4.78, 5) is 0. The molecule has 0 bridgehead atoms. The van der Waals surface area contributed by atoms with Gasteiger partial charge in [-0.05, 0) is 0 Å². The van der Waals surface area contributed by atoms with Gasteiger partial charge in [-0.2, -0.15) is 70.2 Å². The number of rotatable bonds is 1. The average molecular weight is 482 g/mol. The minimum atomic E-state index is -6.94. The maximum atomic E-state index is 14.1. The van der Waals surface area contributed by atoms with E-state index in [2.05, 4.69) is 0 Å². The summed E-state index contributed by atoms with van der Waals surface area (Å²) >= 11 is 0. The van der Waals surface area contributed by atoms with Gasteiger partial charge >= 0.3 is 47.4 Å². The third kappa shape index (κ3) is 2.39. The minimum Gasteiger partial charge on any atom is -0.199 e. The molecule has 0 radical (unpaired) electrons. The van der Waals surface area contributed by atoms with Gasteiger partial charge in [0.15, 0.2) is 0 Å². The van der Waals surface area contributed by atoms with Crippen LogP contribution in [0.4, 0.5) is 70.2 Å². The van der Waals surface area contributed by atoms with Gasteiger partial charge in [0.1, 0.15) is 11.8 Å². The SMILES string of the molecule is CC1C(F)(F)C(F)(F)C(C2C(F)(F)C(F)(F)C(C)C(F)(F)C2(F)F)C(F)(F)C1(F)F. The first-order valence-corrected chi connectivity index (χ1v) is 7.82. The molecule has 178 valence electrons. The zero-order chi connectivity index (χ0) is 24.3. The minimum absolute atomic E-state index is 0.597. The predicted octanol–water partition coefficient (Wildman–Crippen LogP) is 6.60. The van der Waals surface area contributed by atoms with Gasteiger partial charge < -0.3 is 0 Å². The van der Waals surface area contributed by atoms with Gasteiger partial charge in [0.25, 0.3) is 0 Å². The molecule has 2 aliphatic rings. The molecular weight excluding hydrogens is 472 g/mol. The van der Waals surface area contributed by atoms with E-state index in [1.165, 1.54) is 0 Å². The number of alkyl halides is 16. The second-order valence-electron chi connectivity index (χ2n) is 7.38. The first kappa shape index (κ1) is 25.1. The van der Waals surface area contributed by atoms with E-state index in [9.17, 15) is 70.2 Å². The van der Waals surface area contributed by atoms with Crippen LogP contribution < -0.4 is 0 Å². The molecule has 30 heavy (non-hydrogen) atoms. The number of halogens is 16. The zero-order valence-corrected chi connectivity index (χ0v) is 14.4. The van der Waals surface area contributed by atoms with Crippen LogP contribution in [-0.2, 0) is 0 Å². The molecule has 0 aromatic heterocycles. The van der Waals surface area contributed by atoms with Crippen molar-refractivity contribution in [2.45, 2.75) is 61.2 Å². The molecule has 0 saturated heterocycles. The maximum Gasteiger partial charge on any atom is 0.320 e. The second-order valence-corrected chi connectivity index (χ2v) is 7.38. The van der Waals surface area contributed by atoms with Crippen LogP contribution in [0.2, 0.25) is 0 Å². The molecule has 0 heterocycles. The topological polar surface area (TPSA) is 0 Å². The summed E-state index contributed by atoms with van der Waals surface area (Å²) in [7, 11) is 0. The molecular formula is C14H10F16. The van der Waals surface area contributed by atoms with Crippen molar-refractivity contribution in [3.8, 4) is 0 Å². The van der Waals surface area contributed by atoms with Crippen LogP contribution in [0.25, 0.3) is 0 Å². The van der Waals surface area contributed by atoms with E-state index in [0.717, 1.165) is 0 Å². The first-order valence-electron chi connectivity index (χ1n) is 7.82. The molecule has 0 nitrogen and oxygen atoms in total. The Morgan fingerprint density at radius 3 is 0.567 bits per heavy atom. The van der Waals surface area contributed by atoms with Crippen molar-refractivity contribution in [2.75, 3.05) is 0 Å². The van der Waals surface area contributed by atoms with E-state index in [1.807, 2.05) is 0 Å². The summed E-state index contributed by atoms with van der Waals surface area (Å²) in [5.41, 5.74) is 0. The van der Waals surface area contributed by atoms with Crippen LogP contribution in [0, 0.1) is 23.7 Å². The fourth-order valence-corrected chi connectivity index (χ4v) is 3.73.